The van der Waals surface area contributed by atoms with Crippen LogP contribution in [0.4, 0.5) is 0 Å². The molecule has 0 amide bonds. The zero-order chi connectivity index (χ0) is 48.9. The van der Waals surface area contributed by atoms with Gasteiger partial charge in [0.1, 0.15) is 13.2 Å². The number of carbonyl (C=O) groups excluding carboxylic acids is 3. The van der Waals surface area contributed by atoms with Crippen molar-refractivity contribution in [2.75, 3.05) is 13.2 Å². The maximum absolute atomic E-state index is 12.9. The molecule has 0 bridgehead atoms. The van der Waals surface area contributed by atoms with Gasteiger partial charge < -0.3 is 14.2 Å². The Balaban J connectivity index is 4.30. The van der Waals surface area contributed by atoms with E-state index in [1.54, 1.807) is 0 Å². The molecule has 0 aromatic rings. The lowest BCUT2D eigenvalue weighted by Gasteiger charge is -2.18. The Morgan fingerprint density at radius 2 is 0.493 bits per heavy atom. The van der Waals surface area contributed by atoms with Crippen LogP contribution in [0, 0.1) is 11.8 Å². The smallest absolute Gasteiger partial charge is 0.306 e. The maximum Gasteiger partial charge on any atom is 0.306 e. The molecule has 398 valence electrons. The van der Waals surface area contributed by atoms with Crippen LogP contribution >= 0.6 is 0 Å². The van der Waals surface area contributed by atoms with E-state index in [4.69, 9.17) is 14.2 Å². The largest absolute Gasteiger partial charge is 0.462 e. The van der Waals surface area contributed by atoms with Crippen LogP contribution in [0.25, 0.3) is 0 Å². The normalized spacial score (nSPS) is 12.0. The summed E-state index contributed by atoms with van der Waals surface area (Å²) in [5, 5.41) is 0. The third-order valence-corrected chi connectivity index (χ3v) is 14.0. The minimum atomic E-state index is -0.763. The molecule has 0 aliphatic heterocycles. The molecule has 0 rings (SSSR count). The molecule has 0 radical (unpaired) electrons. The minimum absolute atomic E-state index is 0.0622. The van der Waals surface area contributed by atoms with Crippen molar-refractivity contribution >= 4 is 17.9 Å². The molecular weight excluding hydrogens is 829 g/mol. The van der Waals surface area contributed by atoms with Crippen molar-refractivity contribution in [3.05, 3.63) is 0 Å². The summed E-state index contributed by atoms with van der Waals surface area (Å²) in [6.07, 6.45) is 58.1. The number of unbranched alkanes of at least 4 members (excludes halogenated alkanes) is 40. The number of hydrogen-bond donors (Lipinski definition) is 0. The second-order valence-corrected chi connectivity index (χ2v) is 21.9. The molecule has 0 unspecified atom stereocenters. The van der Waals surface area contributed by atoms with E-state index in [1.165, 1.54) is 231 Å². The highest BCUT2D eigenvalue weighted by Gasteiger charge is 2.19. The molecule has 0 heterocycles. The van der Waals surface area contributed by atoms with Crippen molar-refractivity contribution in [3.8, 4) is 0 Å². The average Bonchev–Trinajstić information content (AvgIpc) is 3.30. The highest BCUT2D eigenvalue weighted by molar-refractivity contribution is 5.71. The summed E-state index contributed by atoms with van der Waals surface area (Å²) in [5.74, 6) is 0.846. The van der Waals surface area contributed by atoms with Crippen molar-refractivity contribution in [2.24, 2.45) is 11.8 Å². The Labute approximate surface area is 418 Å². The molecule has 0 aromatic heterocycles. The maximum atomic E-state index is 12.9. The van der Waals surface area contributed by atoms with Gasteiger partial charge in [-0.05, 0) is 31.1 Å². The van der Waals surface area contributed by atoms with E-state index in [-0.39, 0.29) is 31.1 Å². The Hall–Kier alpha value is -1.59. The average molecular weight is 948 g/mol. The Morgan fingerprint density at radius 3 is 0.731 bits per heavy atom. The van der Waals surface area contributed by atoms with Crippen molar-refractivity contribution in [1.29, 1.82) is 0 Å². The number of rotatable bonds is 55. The molecule has 67 heavy (non-hydrogen) atoms. The second-order valence-electron chi connectivity index (χ2n) is 21.9. The molecule has 0 aliphatic carbocycles. The van der Waals surface area contributed by atoms with Crippen LogP contribution in [0.2, 0.25) is 0 Å². The lowest BCUT2D eigenvalue weighted by atomic mass is 10.0. The Morgan fingerprint density at radius 1 is 0.284 bits per heavy atom. The molecule has 0 spiro atoms. The first kappa shape index (κ1) is 65.4. The van der Waals surface area contributed by atoms with Crippen LogP contribution in [0.1, 0.15) is 343 Å². The monoisotopic (exact) mass is 947 g/mol. The van der Waals surface area contributed by atoms with E-state index in [0.29, 0.717) is 19.3 Å². The summed E-state index contributed by atoms with van der Waals surface area (Å²) in [4.78, 5) is 38.2. The van der Waals surface area contributed by atoms with Crippen LogP contribution < -0.4 is 0 Å². The van der Waals surface area contributed by atoms with Gasteiger partial charge in [0, 0.05) is 19.3 Å². The van der Waals surface area contributed by atoms with Crippen molar-refractivity contribution in [2.45, 2.75) is 349 Å². The van der Waals surface area contributed by atoms with Gasteiger partial charge in [0.15, 0.2) is 6.10 Å². The fourth-order valence-electron chi connectivity index (χ4n) is 9.40. The zero-order valence-corrected chi connectivity index (χ0v) is 46.0. The first-order valence-corrected chi connectivity index (χ1v) is 30.2. The molecule has 0 aromatic carbocycles. The zero-order valence-electron chi connectivity index (χ0n) is 46.0. The molecule has 6 nitrogen and oxygen atoms in total. The summed E-state index contributed by atoms with van der Waals surface area (Å²) >= 11 is 0. The first-order valence-electron chi connectivity index (χ1n) is 30.2. The molecule has 6 heteroatoms. The third kappa shape index (κ3) is 55.2. The van der Waals surface area contributed by atoms with Gasteiger partial charge in [0.2, 0.25) is 0 Å². The number of carbonyl (C=O) groups is 3. The Bertz CT molecular complexity index is 1020. The summed E-state index contributed by atoms with van der Waals surface area (Å²) in [6.45, 7) is 11.4. The molecule has 0 saturated carbocycles. The van der Waals surface area contributed by atoms with Gasteiger partial charge in [-0.15, -0.1) is 0 Å². The number of hydrogen-bond acceptors (Lipinski definition) is 6. The third-order valence-electron chi connectivity index (χ3n) is 14.0. The SMILES string of the molecule is CCCCCCCCCCCCCCCCCCC(=O)OC[C@@H](COC(=O)CCCCCCCCCCCCCCC(C)C)OC(=O)CCCCCCCCCCCCCCCCCC(C)C. The predicted octanol–water partition coefficient (Wildman–Crippen LogP) is 20.0. The van der Waals surface area contributed by atoms with E-state index in [1.807, 2.05) is 0 Å². The van der Waals surface area contributed by atoms with Crippen molar-refractivity contribution < 1.29 is 28.6 Å². The van der Waals surface area contributed by atoms with Gasteiger partial charge in [-0.2, -0.15) is 0 Å². The minimum Gasteiger partial charge on any atom is -0.462 e. The topological polar surface area (TPSA) is 78.9 Å². The van der Waals surface area contributed by atoms with Crippen LogP contribution in [0.15, 0.2) is 0 Å². The molecule has 0 saturated heterocycles. The lowest BCUT2D eigenvalue weighted by molar-refractivity contribution is -0.167. The van der Waals surface area contributed by atoms with Crippen molar-refractivity contribution in [3.63, 3.8) is 0 Å². The summed E-state index contributed by atoms with van der Waals surface area (Å²) in [7, 11) is 0. The van der Waals surface area contributed by atoms with Crippen LogP contribution in [-0.4, -0.2) is 37.2 Å². The highest BCUT2D eigenvalue weighted by Crippen LogP contribution is 2.18. The first-order chi connectivity index (χ1) is 32.7. The van der Waals surface area contributed by atoms with E-state index >= 15 is 0 Å². The molecular formula is C61H118O6. The summed E-state index contributed by atoms with van der Waals surface area (Å²) in [6, 6.07) is 0. The van der Waals surface area contributed by atoms with Crippen LogP contribution in [0.3, 0.4) is 0 Å². The summed E-state index contributed by atoms with van der Waals surface area (Å²) in [5.41, 5.74) is 0. The molecule has 0 aliphatic rings. The van der Waals surface area contributed by atoms with Crippen molar-refractivity contribution in [1.82, 2.24) is 0 Å². The molecule has 1 atom stereocenters. The number of esters is 3. The van der Waals surface area contributed by atoms with E-state index < -0.39 is 6.10 Å². The second kappa shape index (κ2) is 53.8. The standard InChI is InChI=1S/C61H118O6/c1-6-7-8-9-10-11-12-13-14-17-20-26-31-36-41-46-51-59(62)65-54-58(55-66-60(63)52-47-42-37-32-27-23-22-25-30-35-40-45-50-57(4)5)67-61(64)53-48-43-38-33-28-21-18-15-16-19-24-29-34-39-44-49-56(2)3/h56-58H,6-55H2,1-5H3/t58-/m0/s1. The van der Waals surface area contributed by atoms with E-state index in [9.17, 15) is 14.4 Å². The summed E-state index contributed by atoms with van der Waals surface area (Å²) < 4.78 is 16.9. The van der Waals surface area contributed by atoms with Gasteiger partial charge in [-0.1, -0.05) is 304 Å². The quantitative estimate of drug-likeness (QED) is 0.0343. The van der Waals surface area contributed by atoms with Gasteiger partial charge in [-0.3, -0.25) is 14.4 Å². The van der Waals surface area contributed by atoms with E-state index in [0.717, 1.165) is 69.6 Å². The van der Waals surface area contributed by atoms with Gasteiger partial charge in [-0.25, -0.2) is 0 Å². The van der Waals surface area contributed by atoms with Gasteiger partial charge in [0.05, 0.1) is 0 Å². The van der Waals surface area contributed by atoms with Gasteiger partial charge in [0.25, 0.3) is 0 Å². The molecule has 0 fully saturated rings. The molecule has 0 N–H and O–H groups in total. The lowest BCUT2D eigenvalue weighted by Crippen LogP contribution is -2.30. The number of ether oxygens (including phenoxy) is 3. The van der Waals surface area contributed by atoms with E-state index in [2.05, 4.69) is 34.6 Å². The fraction of sp³-hybridized carbons (Fsp3) is 0.951. The van der Waals surface area contributed by atoms with Crippen LogP contribution in [0.5, 0.6) is 0 Å². The fourth-order valence-corrected chi connectivity index (χ4v) is 9.40. The van der Waals surface area contributed by atoms with Gasteiger partial charge >= 0.3 is 17.9 Å². The highest BCUT2D eigenvalue weighted by atomic mass is 16.6. The Kier molecular flexibility index (Phi) is 52.5. The predicted molar refractivity (Wildman–Crippen MR) is 289 cm³/mol. The van der Waals surface area contributed by atoms with Crippen LogP contribution in [-0.2, 0) is 28.6 Å².